The van der Waals surface area contributed by atoms with Gasteiger partial charge in [0.15, 0.2) is 0 Å². The van der Waals surface area contributed by atoms with Crippen molar-refractivity contribution in [1.82, 2.24) is 9.78 Å². The zero-order chi connectivity index (χ0) is 9.42. The Morgan fingerprint density at radius 2 is 2.38 bits per heavy atom. The molecule has 1 fully saturated rings. The van der Waals surface area contributed by atoms with Gasteiger partial charge in [0, 0.05) is 19.0 Å². The molecule has 2 rings (SSSR count). The van der Waals surface area contributed by atoms with E-state index in [1.807, 2.05) is 14.0 Å². The highest BCUT2D eigenvalue weighted by Crippen LogP contribution is 2.26. The minimum Gasteiger partial charge on any atom is -0.481 e. The predicted molar refractivity (Wildman–Crippen MR) is 47.9 cm³/mol. The maximum Gasteiger partial charge on any atom is 0.214 e. The molecule has 4 nitrogen and oxygen atoms in total. The van der Waals surface area contributed by atoms with E-state index in [1.54, 1.807) is 11.8 Å². The van der Waals surface area contributed by atoms with Crippen LogP contribution in [0.1, 0.15) is 11.3 Å². The monoisotopic (exact) mass is 182 g/mol. The number of aromatic nitrogens is 2. The van der Waals surface area contributed by atoms with Gasteiger partial charge in [0.2, 0.25) is 5.88 Å². The van der Waals surface area contributed by atoms with Crippen molar-refractivity contribution in [3.05, 3.63) is 11.3 Å². The third-order valence-corrected chi connectivity index (χ3v) is 2.32. The van der Waals surface area contributed by atoms with Gasteiger partial charge in [0.05, 0.1) is 25.5 Å². The minimum atomic E-state index is 0.386. The summed E-state index contributed by atoms with van der Waals surface area (Å²) >= 11 is 0. The molecule has 0 N–H and O–H groups in total. The van der Waals surface area contributed by atoms with Crippen LogP contribution in [0, 0.1) is 6.92 Å². The van der Waals surface area contributed by atoms with Gasteiger partial charge in [-0.2, -0.15) is 5.10 Å². The van der Waals surface area contributed by atoms with Crippen LogP contribution in [0.25, 0.3) is 0 Å². The summed E-state index contributed by atoms with van der Waals surface area (Å²) in [5, 5.41) is 4.30. The van der Waals surface area contributed by atoms with E-state index in [0.29, 0.717) is 6.10 Å². The van der Waals surface area contributed by atoms with E-state index in [2.05, 4.69) is 5.10 Å². The van der Waals surface area contributed by atoms with Crippen molar-refractivity contribution in [3.63, 3.8) is 0 Å². The van der Waals surface area contributed by atoms with Crippen LogP contribution >= 0.6 is 0 Å². The molecule has 1 aromatic rings. The van der Waals surface area contributed by atoms with E-state index < -0.39 is 0 Å². The Labute approximate surface area is 77.4 Å². The van der Waals surface area contributed by atoms with Crippen LogP contribution in [0.15, 0.2) is 0 Å². The Kier molecular flexibility index (Phi) is 2.00. The molecule has 1 aromatic heterocycles. The highest BCUT2D eigenvalue weighted by Gasteiger charge is 2.27. The molecule has 72 valence electrons. The Balaban J connectivity index is 2.28. The molecule has 13 heavy (non-hydrogen) atoms. The van der Waals surface area contributed by atoms with Crippen molar-refractivity contribution in [2.75, 3.05) is 13.7 Å². The van der Waals surface area contributed by atoms with Crippen LogP contribution in [-0.4, -0.2) is 29.6 Å². The zero-order valence-corrected chi connectivity index (χ0v) is 8.20. The van der Waals surface area contributed by atoms with Crippen LogP contribution < -0.4 is 4.74 Å². The van der Waals surface area contributed by atoms with Crippen LogP contribution in [0.5, 0.6) is 5.88 Å². The molecule has 0 aliphatic carbocycles. The lowest BCUT2D eigenvalue weighted by Gasteiger charge is -2.02. The lowest BCUT2D eigenvalue weighted by atomic mass is 10.1. The number of hydrogen-bond acceptors (Lipinski definition) is 3. The van der Waals surface area contributed by atoms with E-state index in [0.717, 1.165) is 24.6 Å². The molecule has 0 aromatic carbocycles. The summed E-state index contributed by atoms with van der Waals surface area (Å²) in [6.07, 6.45) is 1.31. The van der Waals surface area contributed by atoms with Crippen molar-refractivity contribution in [2.24, 2.45) is 7.05 Å². The van der Waals surface area contributed by atoms with Gasteiger partial charge in [-0.15, -0.1) is 0 Å². The predicted octanol–water partition coefficient (Wildman–Crippen LogP) is 0.678. The van der Waals surface area contributed by atoms with Crippen molar-refractivity contribution in [3.8, 4) is 5.88 Å². The van der Waals surface area contributed by atoms with E-state index in [9.17, 15) is 0 Å². The number of ether oxygens (including phenoxy) is 2. The fourth-order valence-electron chi connectivity index (χ4n) is 1.58. The zero-order valence-electron chi connectivity index (χ0n) is 8.20. The van der Waals surface area contributed by atoms with Crippen LogP contribution in [0.4, 0.5) is 0 Å². The third-order valence-electron chi connectivity index (χ3n) is 2.32. The fourth-order valence-corrected chi connectivity index (χ4v) is 1.58. The standard InChI is InChI=1S/C9H14N2O2/c1-6-8(4-7-5-13-7)9(12-3)11(2)10-6/h7H,4-5H2,1-3H3. The first kappa shape index (κ1) is 8.56. The second-order valence-electron chi connectivity index (χ2n) is 3.36. The lowest BCUT2D eigenvalue weighted by Crippen LogP contribution is -1.99. The summed E-state index contributed by atoms with van der Waals surface area (Å²) in [4.78, 5) is 0. The first-order chi connectivity index (χ1) is 6.22. The average Bonchev–Trinajstić information content (AvgIpc) is 2.82. The van der Waals surface area contributed by atoms with E-state index in [4.69, 9.17) is 9.47 Å². The van der Waals surface area contributed by atoms with Gasteiger partial charge in [0.25, 0.3) is 0 Å². The first-order valence-corrected chi connectivity index (χ1v) is 4.40. The number of aryl methyl sites for hydroxylation is 2. The second kappa shape index (κ2) is 3.03. The van der Waals surface area contributed by atoms with Crippen molar-refractivity contribution < 1.29 is 9.47 Å². The summed E-state index contributed by atoms with van der Waals surface area (Å²) in [5.41, 5.74) is 2.21. The average molecular weight is 182 g/mol. The number of methoxy groups -OCH3 is 1. The molecule has 1 saturated heterocycles. The van der Waals surface area contributed by atoms with Crippen molar-refractivity contribution in [1.29, 1.82) is 0 Å². The Hall–Kier alpha value is -1.03. The Bertz CT molecular complexity index is 316. The highest BCUT2D eigenvalue weighted by atomic mass is 16.6. The molecule has 0 radical (unpaired) electrons. The molecule has 0 amide bonds. The first-order valence-electron chi connectivity index (χ1n) is 4.40. The van der Waals surface area contributed by atoms with Crippen LogP contribution in [0.2, 0.25) is 0 Å². The van der Waals surface area contributed by atoms with Crippen LogP contribution in [-0.2, 0) is 18.2 Å². The van der Waals surface area contributed by atoms with E-state index in [-0.39, 0.29) is 0 Å². The molecule has 2 heterocycles. The molecule has 0 bridgehead atoms. The minimum absolute atomic E-state index is 0.386. The van der Waals surface area contributed by atoms with Crippen molar-refractivity contribution in [2.45, 2.75) is 19.4 Å². The SMILES string of the molecule is COc1c(CC2CO2)c(C)nn1C. The molecule has 1 aliphatic heterocycles. The highest BCUT2D eigenvalue weighted by molar-refractivity contribution is 5.32. The van der Waals surface area contributed by atoms with Gasteiger partial charge in [-0.3, -0.25) is 0 Å². The van der Waals surface area contributed by atoms with Crippen LogP contribution in [0.3, 0.4) is 0 Å². The normalized spacial score (nSPS) is 20.4. The molecule has 1 atom stereocenters. The Morgan fingerprint density at radius 3 is 2.92 bits per heavy atom. The maximum atomic E-state index is 5.27. The van der Waals surface area contributed by atoms with E-state index >= 15 is 0 Å². The number of epoxide rings is 1. The van der Waals surface area contributed by atoms with E-state index in [1.165, 1.54) is 5.56 Å². The van der Waals surface area contributed by atoms with Gasteiger partial charge in [0.1, 0.15) is 0 Å². The number of nitrogens with zero attached hydrogens (tertiary/aromatic N) is 2. The van der Waals surface area contributed by atoms with Gasteiger partial charge < -0.3 is 9.47 Å². The Morgan fingerprint density at radius 1 is 1.69 bits per heavy atom. The van der Waals surface area contributed by atoms with Gasteiger partial charge >= 0.3 is 0 Å². The lowest BCUT2D eigenvalue weighted by molar-refractivity contribution is 0.363. The second-order valence-corrected chi connectivity index (χ2v) is 3.36. The molecular formula is C9H14N2O2. The molecule has 4 heteroatoms. The summed E-state index contributed by atoms with van der Waals surface area (Å²) < 4.78 is 12.2. The smallest absolute Gasteiger partial charge is 0.214 e. The fraction of sp³-hybridized carbons (Fsp3) is 0.667. The molecule has 0 spiro atoms. The molecule has 1 unspecified atom stereocenters. The quantitative estimate of drug-likeness (QED) is 0.645. The van der Waals surface area contributed by atoms with Gasteiger partial charge in [-0.1, -0.05) is 0 Å². The van der Waals surface area contributed by atoms with Gasteiger partial charge in [-0.05, 0) is 6.92 Å². The largest absolute Gasteiger partial charge is 0.481 e. The molecule has 1 aliphatic rings. The third kappa shape index (κ3) is 1.54. The van der Waals surface area contributed by atoms with Gasteiger partial charge in [-0.25, -0.2) is 4.68 Å². The summed E-state index contributed by atoms with van der Waals surface area (Å²) in [6.45, 7) is 2.87. The topological polar surface area (TPSA) is 39.6 Å². The maximum absolute atomic E-state index is 5.27. The number of hydrogen-bond donors (Lipinski definition) is 0. The van der Waals surface area contributed by atoms with Crippen molar-refractivity contribution >= 4 is 0 Å². The molecule has 0 saturated carbocycles. The summed E-state index contributed by atoms with van der Waals surface area (Å²) in [5.74, 6) is 0.855. The molecular weight excluding hydrogens is 168 g/mol. The summed E-state index contributed by atoms with van der Waals surface area (Å²) in [7, 11) is 3.57. The number of rotatable bonds is 3. The summed E-state index contributed by atoms with van der Waals surface area (Å²) in [6, 6.07) is 0.